The SMILES string of the molecule is CC(C)(C)OC(=O)c1ccc(N)cc1.CC(C)(C)OC(=O)c1ccc(NC(=O)[C@H](CCCNC(N)=O)NC(=O)OCC2c3ccccc3-c3ccccc32)cc1.NC(=O)NCCC[C@H](NC(=O)OCC1c2ccccc2-c2ccccc21)C(=O)O. The molecule has 7 amide bonds. The largest absolute Gasteiger partial charge is 0.480 e. The van der Waals surface area contributed by atoms with Crippen LogP contribution in [0.4, 0.5) is 30.6 Å². The first-order chi connectivity index (χ1) is 40.4. The van der Waals surface area contributed by atoms with E-state index in [1.165, 1.54) is 0 Å². The van der Waals surface area contributed by atoms with Crippen LogP contribution in [-0.2, 0) is 28.5 Å². The van der Waals surface area contributed by atoms with Crippen molar-refractivity contribution in [1.82, 2.24) is 21.3 Å². The molecule has 0 radical (unpaired) electrons. The van der Waals surface area contributed by atoms with E-state index < -0.39 is 65.4 Å². The Morgan fingerprint density at radius 2 is 0.835 bits per heavy atom. The summed E-state index contributed by atoms with van der Waals surface area (Å²) in [5, 5.41) is 21.9. The molecule has 0 fully saturated rings. The maximum Gasteiger partial charge on any atom is 0.407 e. The maximum atomic E-state index is 13.2. The number of nitrogens with two attached hydrogens (primary N) is 3. The van der Waals surface area contributed by atoms with E-state index in [0.29, 0.717) is 35.3 Å². The monoisotopic (exact) mass is 1160 g/mol. The molecule has 6 aromatic carbocycles. The van der Waals surface area contributed by atoms with E-state index in [-0.39, 0.29) is 57.0 Å². The Balaban J connectivity index is 0.000000231. The van der Waals surface area contributed by atoms with Gasteiger partial charge in [0.25, 0.3) is 0 Å². The maximum absolute atomic E-state index is 13.2. The van der Waals surface area contributed by atoms with Crippen molar-refractivity contribution in [2.45, 2.75) is 102 Å². The molecule has 8 rings (SSSR count). The van der Waals surface area contributed by atoms with E-state index in [2.05, 4.69) is 38.7 Å². The van der Waals surface area contributed by atoms with Crippen molar-refractivity contribution in [3.05, 3.63) is 179 Å². The van der Waals surface area contributed by atoms with Gasteiger partial charge in [-0.3, -0.25) is 4.79 Å². The average Bonchev–Trinajstić information content (AvgIpc) is 1.94. The fourth-order valence-electron chi connectivity index (χ4n) is 9.34. The number of benzene rings is 6. The van der Waals surface area contributed by atoms with Crippen LogP contribution in [0.1, 0.15) is 122 Å². The molecule has 2 aliphatic carbocycles. The number of alkyl carbamates (subject to hydrolysis) is 2. The van der Waals surface area contributed by atoms with Crippen LogP contribution >= 0.6 is 0 Å². The molecule has 0 aliphatic heterocycles. The molecule has 21 nitrogen and oxygen atoms in total. The fraction of sp³-hybridized carbons (Fsp3) is 0.312. The first-order valence-electron chi connectivity index (χ1n) is 27.6. The summed E-state index contributed by atoms with van der Waals surface area (Å²) < 4.78 is 21.5. The smallest absolute Gasteiger partial charge is 0.407 e. The van der Waals surface area contributed by atoms with Gasteiger partial charge in [0, 0.05) is 36.3 Å². The molecule has 6 aromatic rings. The van der Waals surface area contributed by atoms with Crippen molar-refractivity contribution >= 4 is 59.4 Å². The lowest BCUT2D eigenvalue weighted by Gasteiger charge is -2.20. The number of hydrogen-bond acceptors (Lipinski definition) is 13. The first-order valence-corrected chi connectivity index (χ1v) is 27.6. The lowest BCUT2D eigenvalue weighted by molar-refractivity contribution is -0.139. The van der Waals surface area contributed by atoms with Crippen LogP contribution in [0.5, 0.6) is 0 Å². The summed E-state index contributed by atoms with van der Waals surface area (Å²) in [4.78, 5) is 95.2. The minimum Gasteiger partial charge on any atom is -0.480 e. The van der Waals surface area contributed by atoms with Crippen LogP contribution in [0.25, 0.3) is 22.3 Å². The third-order valence-corrected chi connectivity index (χ3v) is 13.2. The van der Waals surface area contributed by atoms with Gasteiger partial charge < -0.3 is 67.8 Å². The highest BCUT2D eigenvalue weighted by atomic mass is 16.6. The predicted molar refractivity (Wildman–Crippen MR) is 322 cm³/mol. The van der Waals surface area contributed by atoms with Crippen LogP contribution in [0.3, 0.4) is 0 Å². The topological polar surface area (TPSA) is 332 Å². The molecule has 0 bridgehead atoms. The van der Waals surface area contributed by atoms with Crippen molar-refractivity contribution < 1.29 is 62.4 Å². The van der Waals surface area contributed by atoms with E-state index in [9.17, 15) is 43.5 Å². The number of hydrogen-bond donors (Lipinski definition) is 9. The van der Waals surface area contributed by atoms with Crippen LogP contribution in [0.2, 0.25) is 0 Å². The number of carboxylic acids is 1. The van der Waals surface area contributed by atoms with Crippen molar-refractivity contribution in [2.24, 2.45) is 11.5 Å². The quantitative estimate of drug-likeness (QED) is 0.0158. The summed E-state index contributed by atoms with van der Waals surface area (Å²) >= 11 is 0. The predicted octanol–water partition coefficient (Wildman–Crippen LogP) is 9.59. The number of esters is 2. The van der Waals surface area contributed by atoms with Gasteiger partial charge in [-0.15, -0.1) is 0 Å². The van der Waals surface area contributed by atoms with Crippen molar-refractivity contribution in [2.75, 3.05) is 37.4 Å². The number of nitrogens with one attached hydrogen (secondary N) is 5. The van der Waals surface area contributed by atoms with Gasteiger partial charge in [0.2, 0.25) is 5.91 Å². The first kappa shape index (κ1) is 64.3. The number of urea groups is 2. The number of ether oxygens (including phenoxy) is 4. The number of anilines is 2. The van der Waals surface area contributed by atoms with Gasteiger partial charge in [0.05, 0.1) is 11.1 Å². The highest BCUT2D eigenvalue weighted by Crippen LogP contribution is 2.45. The zero-order valence-corrected chi connectivity index (χ0v) is 48.4. The van der Waals surface area contributed by atoms with Crippen LogP contribution in [0, 0.1) is 0 Å². The van der Waals surface area contributed by atoms with E-state index in [1.807, 2.05) is 106 Å². The molecule has 0 unspecified atom stereocenters. The third kappa shape index (κ3) is 19.6. The number of fused-ring (bicyclic) bond motifs is 6. The molecular formula is C64H74N8O13. The van der Waals surface area contributed by atoms with Gasteiger partial charge in [-0.1, -0.05) is 97.1 Å². The number of aliphatic carboxylic acids is 1. The highest BCUT2D eigenvalue weighted by molar-refractivity contribution is 5.97. The lowest BCUT2D eigenvalue weighted by atomic mass is 9.98. The minimum atomic E-state index is -1.17. The highest BCUT2D eigenvalue weighted by Gasteiger charge is 2.32. The minimum absolute atomic E-state index is 0.101. The third-order valence-electron chi connectivity index (χ3n) is 13.2. The van der Waals surface area contributed by atoms with Gasteiger partial charge >= 0.3 is 42.2 Å². The standard InChI is InChI=1S/C32H36N4O6.C21H23N3O5.C11H15NO2/c1-32(2,3)42-29(38)20-14-16-21(17-15-20)35-28(37)27(13-8-18-34-30(33)39)36-31(40)41-19-26-24-11-6-4-9-22(24)23-10-5-7-12-25(23)26;22-20(27)23-11-5-10-18(19(25)26)24-21(28)29-12-17-15-8-3-1-6-13(15)14-7-2-4-9-16(14)17;1-11(2,3)14-10(13)8-4-6-9(12)7-5-8/h4-7,9-12,14-17,26-27H,8,13,18-19H2,1-3H3,(H,35,37)(H,36,40)(H3,33,34,39);1-4,6-9,17-18H,5,10-12H2,(H,24,28)(H,25,26)(H3,22,23,27);4-7H,12H2,1-3H3/t27-;18-;/m00./s1. The van der Waals surface area contributed by atoms with E-state index in [0.717, 1.165) is 44.5 Å². The molecule has 0 saturated heterocycles. The van der Waals surface area contributed by atoms with Crippen LogP contribution in [-0.4, -0.2) is 103 Å². The number of primary amides is 2. The summed E-state index contributed by atoms with van der Waals surface area (Å²) in [5.74, 6) is -2.67. The molecule has 0 saturated carbocycles. The Hall–Kier alpha value is -9.92. The van der Waals surface area contributed by atoms with E-state index >= 15 is 0 Å². The Morgan fingerprint density at radius 3 is 1.19 bits per heavy atom. The molecule has 0 aromatic heterocycles. The second-order valence-corrected chi connectivity index (χ2v) is 21.9. The number of rotatable bonds is 19. The summed E-state index contributed by atoms with van der Waals surface area (Å²) in [6.07, 6.45) is -0.444. The normalized spacial score (nSPS) is 12.6. The van der Waals surface area contributed by atoms with Gasteiger partial charge in [-0.05, 0) is 160 Å². The Morgan fingerprint density at radius 1 is 0.494 bits per heavy atom. The summed E-state index contributed by atoms with van der Waals surface area (Å²) in [5.41, 5.74) is 25.2. The van der Waals surface area contributed by atoms with Crippen LogP contribution in [0.15, 0.2) is 146 Å². The Kier molecular flexibility index (Phi) is 22.6. The second-order valence-electron chi connectivity index (χ2n) is 21.9. The molecule has 448 valence electrons. The Bertz CT molecular complexity index is 3230. The molecule has 85 heavy (non-hydrogen) atoms. The number of amides is 7. The molecule has 0 heterocycles. The van der Waals surface area contributed by atoms with Gasteiger partial charge in [0.15, 0.2) is 0 Å². The summed E-state index contributed by atoms with van der Waals surface area (Å²) in [6.45, 7) is 11.5. The van der Waals surface area contributed by atoms with Gasteiger partial charge in [-0.25, -0.2) is 33.6 Å². The number of carboxylic acid groups (broad SMARTS) is 1. The number of carbonyl (C=O) groups is 8. The molecule has 21 heteroatoms. The van der Waals surface area contributed by atoms with Crippen molar-refractivity contribution in [3.8, 4) is 22.3 Å². The fourth-order valence-corrected chi connectivity index (χ4v) is 9.34. The molecular weight excluding hydrogens is 1090 g/mol. The molecule has 0 spiro atoms. The van der Waals surface area contributed by atoms with Gasteiger partial charge in [-0.2, -0.15) is 0 Å². The zero-order valence-electron chi connectivity index (χ0n) is 48.4. The Labute approximate surface area is 493 Å². The zero-order chi connectivity index (χ0) is 61.8. The van der Waals surface area contributed by atoms with Gasteiger partial charge in [0.1, 0.15) is 36.5 Å². The molecule has 2 atom stereocenters. The van der Waals surface area contributed by atoms with Crippen LogP contribution < -0.4 is 43.8 Å². The van der Waals surface area contributed by atoms with E-state index in [1.54, 1.807) is 69.3 Å². The van der Waals surface area contributed by atoms with E-state index in [4.69, 9.17) is 36.1 Å². The number of nitrogen functional groups attached to an aromatic ring is 1. The number of carbonyl (C=O) groups excluding carboxylic acids is 7. The molecule has 12 N–H and O–H groups in total. The summed E-state index contributed by atoms with van der Waals surface area (Å²) in [7, 11) is 0. The second kappa shape index (κ2) is 29.9. The lowest BCUT2D eigenvalue weighted by Crippen LogP contribution is -2.44. The van der Waals surface area contributed by atoms with Crippen molar-refractivity contribution in [3.63, 3.8) is 0 Å². The average molecular weight is 1160 g/mol. The molecule has 2 aliphatic rings. The van der Waals surface area contributed by atoms with Crippen molar-refractivity contribution in [1.29, 1.82) is 0 Å². The summed E-state index contributed by atoms with van der Waals surface area (Å²) in [6, 6.07) is 41.4.